The van der Waals surface area contributed by atoms with E-state index in [0.717, 1.165) is 13.1 Å². The molecule has 0 aromatic heterocycles. The summed E-state index contributed by atoms with van der Waals surface area (Å²) in [6, 6.07) is 0.624. The van der Waals surface area contributed by atoms with E-state index in [0.29, 0.717) is 11.6 Å². The van der Waals surface area contributed by atoms with Crippen LogP contribution >= 0.6 is 0 Å². The van der Waals surface area contributed by atoms with Crippen LogP contribution in [-0.4, -0.2) is 62.2 Å². The van der Waals surface area contributed by atoms with Crippen molar-refractivity contribution in [2.24, 2.45) is 0 Å². The molecule has 0 spiro atoms. The molecule has 108 valence electrons. The van der Waals surface area contributed by atoms with E-state index in [-0.39, 0.29) is 0 Å². The van der Waals surface area contributed by atoms with Crippen LogP contribution in [0.15, 0.2) is 0 Å². The number of nitrogens with zero attached hydrogens (tertiary/aromatic N) is 2. The molecule has 1 unspecified atom stereocenters. The van der Waals surface area contributed by atoms with Gasteiger partial charge in [0.25, 0.3) is 0 Å². The minimum atomic E-state index is 0.451. The predicted octanol–water partition coefficient (Wildman–Crippen LogP) is 2.18. The smallest absolute Gasteiger partial charge is 0.0330 e. The maximum absolute atomic E-state index is 3.56. The summed E-state index contributed by atoms with van der Waals surface area (Å²) in [5.74, 6) is 0. The van der Waals surface area contributed by atoms with Gasteiger partial charge in [-0.1, -0.05) is 13.3 Å². The average Bonchev–Trinajstić information content (AvgIpc) is 2.28. The van der Waals surface area contributed by atoms with E-state index < -0.39 is 0 Å². The molecule has 0 saturated heterocycles. The Labute approximate surface area is 114 Å². The number of unbranched alkanes of at least 4 members (excludes halogenated alkanes) is 1. The lowest BCUT2D eigenvalue weighted by molar-refractivity contribution is 0.0183. The fraction of sp³-hybridized carbons (Fsp3) is 1.00. The summed E-state index contributed by atoms with van der Waals surface area (Å²) in [5, 5.41) is 3.56. The number of hydrogen-bond donors (Lipinski definition) is 1. The zero-order valence-corrected chi connectivity index (χ0v) is 13.1. The Morgan fingerprint density at radius 3 is 2.33 bits per heavy atom. The van der Waals surface area contributed by atoms with Gasteiger partial charge in [0.15, 0.2) is 0 Å². The van der Waals surface area contributed by atoms with Crippen LogP contribution < -0.4 is 5.32 Å². The summed E-state index contributed by atoms with van der Waals surface area (Å²) in [6.45, 7) is 8.06. The molecule has 0 amide bonds. The lowest BCUT2D eigenvalue weighted by Crippen LogP contribution is -2.58. The lowest BCUT2D eigenvalue weighted by Gasteiger charge is -2.50. The first-order chi connectivity index (χ1) is 8.52. The summed E-state index contributed by atoms with van der Waals surface area (Å²) in [5.41, 5.74) is 0.451. The molecule has 0 radical (unpaired) electrons. The van der Waals surface area contributed by atoms with E-state index >= 15 is 0 Å². The quantitative estimate of drug-likeness (QED) is 0.637. The first kappa shape index (κ1) is 15.9. The minimum absolute atomic E-state index is 0.451. The number of hydrogen-bond acceptors (Lipinski definition) is 3. The van der Waals surface area contributed by atoms with Crippen molar-refractivity contribution < 1.29 is 0 Å². The highest BCUT2D eigenvalue weighted by atomic mass is 15.2. The highest BCUT2D eigenvalue weighted by Gasteiger charge is 2.40. The van der Waals surface area contributed by atoms with Crippen LogP contribution in [0.5, 0.6) is 0 Å². The second-order valence-corrected chi connectivity index (χ2v) is 6.29. The molecular weight excluding hydrogens is 222 g/mol. The van der Waals surface area contributed by atoms with Gasteiger partial charge in [0.1, 0.15) is 0 Å². The SMILES string of the molecule is CCCCNCC(C)N(C)CC1(N(C)C)CCC1. The predicted molar refractivity (Wildman–Crippen MR) is 80.1 cm³/mol. The second kappa shape index (κ2) is 7.46. The van der Waals surface area contributed by atoms with Gasteiger partial charge in [-0.05, 0) is 60.3 Å². The molecule has 0 aliphatic heterocycles. The van der Waals surface area contributed by atoms with Crippen molar-refractivity contribution in [3.63, 3.8) is 0 Å². The molecule has 3 nitrogen and oxygen atoms in total. The van der Waals surface area contributed by atoms with Gasteiger partial charge in [0.05, 0.1) is 0 Å². The Morgan fingerprint density at radius 1 is 1.22 bits per heavy atom. The summed E-state index contributed by atoms with van der Waals surface area (Å²) >= 11 is 0. The number of nitrogens with one attached hydrogen (secondary N) is 1. The first-order valence-corrected chi connectivity index (χ1v) is 7.60. The zero-order valence-electron chi connectivity index (χ0n) is 13.1. The van der Waals surface area contributed by atoms with Crippen molar-refractivity contribution in [1.82, 2.24) is 15.1 Å². The highest BCUT2D eigenvalue weighted by molar-refractivity contribution is 4.98. The van der Waals surface area contributed by atoms with Crippen molar-refractivity contribution >= 4 is 0 Å². The van der Waals surface area contributed by atoms with E-state index in [1.807, 2.05) is 0 Å². The minimum Gasteiger partial charge on any atom is -0.315 e. The lowest BCUT2D eigenvalue weighted by atomic mass is 9.75. The molecule has 1 atom stereocenters. The van der Waals surface area contributed by atoms with E-state index in [9.17, 15) is 0 Å². The van der Waals surface area contributed by atoms with E-state index in [1.165, 1.54) is 38.6 Å². The molecule has 1 N–H and O–H groups in total. The molecule has 1 saturated carbocycles. The summed E-state index contributed by atoms with van der Waals surface area (Å²) in [4.78, 5) is 4.96. The van der Waals surface area contributed by atoms with Crippen LogP contribution in [0.1, 0.15) is 46.0 Å². The maximum atomic E-state index is 3.56. The average molecular weight is 255 g/mol. The normalized spacial score (nSPS) is 20.2. The molecule has 1 fully saturated rings. The third kappa shape index (κ3) is 4.22. The standard InChI is InChI=1S/C15H33N3/c1-6-7-11-16-12-14(2)18(5)13-15(17(3)4)9-8-10-15/h14,16H,6-13H2,1-5H3. The Kier molecular flexibility index (Phi) is 6.61. The Hall–Kier alpha value is -0.120. The van der Waals surface area contributed by atoms with Crippen LogP contribution in [0.4, 0.5) is 0 Å². The van der Waals surface area contributed by atoms with Gasteiger partial charge >= 0.3 is 0 Å². The molecular formula is C15H33N3. The molecule has 0 aromatic rings. The van der Waals surface area contributed by atoms with Gasteiger partial charge in [0, 0.05) is 24.7 Å². The van der Waals surface area contributed by atoms with Crippen LogP contribution in [0.25, 0.3) is 0 Å². The van der Waals surface area contributed by atoms with Crippen molar-refractivity contribution in [3.05, 3.63) is 0 Å². The van der Waals surface area contributed by atoms with Crippen molar-refractivity contribution in [3.8, 4) is 0 Å². The van der Waals surface area contributed by atoms with Crippen LogP contribution in [0.2, 0.25) is 0 Å². The number of likely N-dealkylation sites (N-methyl/N-ethyl adjacent to an activating group) is 2. The van der Waals surface area contributed by atoms with Crippen molar-refractivity contribution in [2.45, 2.75) is 57.5 Å². The number of rotatable bonds is 9. The topological polar surface area (TPSA) is 18.5 Å². The monoisotopic (exact) mass is 255 g/mol. The van der Waals surface area contributed by atoms with Crippen LogP contribution in [0.3, 0.4) is 0 Å². The van der Waals surface area contributed by atoms with E-state index in [1.54, 1.807) is 0 Å². The van der Waals surface area contributed by atoms with Crippen molar-refractivity contribution in [1.29, 1.82) is 0 Å². The van der Waals surface area contributed by atoms with Gasteiger partial charge in [-0.25, -0.2) is 0 Å². The molecule has 18 heavy (non-hydrogen) atoms. The molecule has 0 aromatic carbocycles. The molecule has 3 heteroatoms. The van der Waals surface area contributed by atoms with E-state index in [4.69, 9.17) is 0 Å². The van der Waals surface area contributed by atoms with Gasteiger partial charge in [-0.15, -0.1) is 0 Å². The van der Waals surface area contributed by atoms with Gasteiger partial charge in [-0.3, -0.25) is 0 Å². The summed E-state index contributed by atoms with van der Waals surface area (Å²) < 4.78 is 0. The third-order valence-corrected chi connectivity index (χ3v) is 4.68. The largest absolute Gasteiger partial charge is 0.315 e. The van der Waals surface area contributed by atoms with Crippen molar-refractivity contribution in [2.75, 3.05) is 40.8 Å². The third-order valence-electron chi connectivity index (χ3n) is 4.68. The molecule has 1 aliphatic rings. The molecule has 0 heterocycles. The van der Waals surface area contributed by atoms with Crippen LogP contribution in [0, 0.1) is 0 Å². The maximum Gasteiger partial charge on any atom is 0.0330 e. The Balaban J connectivity index is 2.28. The summed E-state index contributed by atoms with van der Waals surface area (Å²) in [6.07, 6.45) is 6.69. The zero-order chi connectivity index (χ0) is 13.6. The Bertz CT molecular complexity index is 224. The highest BCUT2D eigenvalue weighted by Crippen LogP contribution is 2.36. The van der Waals surface area contributed by atoms with Gasteiger partial charge < -0.3 is 15.1 Å². The van der Waals surface area contributed by atoms with Crippen LogP contribution in [-0.2, 0) is 0 Å². The molecule has 0 bridgehead atoms. The second-order valence-electron chi connectivity index (χ2n) is 6.29. The van der Waals surface area contributed by atoms with E-state index in [2.05, 4.69) is 50.1 Å². The first-order valence-electron chi connectivity index (χ1n) is 7.60. The van der Waals surface area contributed by atoms with Gasteiger partial charge in [-0.2, -0.15) is 0 Å². The van der Waals surface area contributed by atoms with Gasteiger partial charge in [0.2, 0.25) is 0 Å². The molecule has 1 rings (SSSR count). The molecule has 1 aliphatic carbocycles. The fourth-order valence-electron chi connectivity index (χ4n) is 2.72. The fourth-order valence-corrected chi connectivity index (χ4v) is 2.72. The Morgan fingerprint density at radius 2 is 1.89 bits per heavy atom. The summed E-state index contributed by atoms with van der Waals surface area (Å²) in [7, 11) is 6.74.